The van der Waals surface area contributed by atoms with Crippen LogP contribution in [-0.4, -0.2) is 16.4 Å². The molecule has 0 spiro atoms. The average molecular weight is 302 g/mol. The van der Waals surface area contributed by atoms with Crippen molar-refractivity contribution in [3.8, 4) is 0 Å². The summed E-state index contributed by atoms with van der Waals surface area (Å²) in [5, 5.41) is 0. The molecular formula is C15H27O4P. The maximum Gasteiger partial charge on any atom is 0.469 e. The Balaban J connectivity index is 3.94. The molecule has 0 amide bonds. The smallest absolute Gasteiger partial charge is 0.303 e. The summed E-state index contributed by atoms with van der Waals surface area (Å²) in [5.74, 6) is 0. The van der Waals surface area contributed by atoms with Gasteiger partial charge in [0.1, 0.15) is 0 Å². The molecule has 0 aromatic heterocycles. The van der Waals surface area contributed by atoms with Crippen molar-refractivity contribution in [3.05, 3.63) is 34.9 Å². The summed E-state index contributed by atoms with van der Waals surface area (Å²) < 4.78 is 14.9. The molecule has 0 aliphatic heterocycles. The van der Waals surface area contributed by atoms with Crippen molar-refractivity contribution in [1.29, 1.82) is 0 Å². The van der Waals surface area contributed by atoms with E-state index in [-0.39, 0.29) is 6.61 Å². The van der Waals surface area contributed by atoms with E-state index in [0.717, 1.165) is 31.3 Å². The quantitative estimate of drug-likeness (QED) is 0.485. The minimum Gasteiger partial charge on any atom is -0.303 e. The normalized spacial score (nSPS) is 13.5. The number of phosphoric acid groups is 1. The average Bonchev–Trinajstić information content (AvgIpc) is 2.26. The van der Waals surface area contributed by atoms with E-state index in [1.165, 1.54) is 11.1 Å². The molecule has 0 fully saturated rings. The molecule has 0 heterocycles. The Bertz CT molecular complexity index is 412. The molecular weight excluding hydrogens is 275 g/mol. The Hall–Kier alpha value is -0.670. The number of hydrogen-bond acceptors (Lipinski definition) is 2. The first-order chi connectivity index (χ1) is 9.20. The van der Waals surface area contributed by atoms with Crippen LogP contribution in [0.25, 0.3) is 0 Å². The van der Waals surface area contributed by atoms with Gasteiger partial charge in [-0.2, -0.15) is 0 Å². The van der Waals surface area contributed by atoms with Crippen LogP contribution in [-0.2, 0) is 9.09 Å². The fraction of sp³-hybridized carbons (Fsp3) is 0.600. The van der Waals surface area contributed by atoms with Gasteiger partial charge in [0, 0.05) is 0 Å². The van der Waals surface area contributed by atoms with E-state index in [0.29, 0.717) is 0 Å². The van der Waals surface area contributed by atoms with Gasteiger partial charge >= 0.3 is 7.82 Å². The highest BCUT2D eigenvalue weighted by Gasteiger charge is 2.11. The first-order valence-electron chi connectivity index (χ1n) is 6.85. The zero-order valence-electron chi connectivity index (χ0n) is 12.9. The van der Waals surface area contributed by atoms with Crippen LogP contribution in [0.2, 0.25) is 0 Å². The fourth-order valence-electron chi connectivity index (χ4n) is 1.62. The summed E-state index contributed by atoms with van der Waals surface area (Å²) in [6, 6.07) is 0. The molecule has 0 aliphatic rings. The van der Waals surface area contributed by atoms with E-state index in [1.54, 1.807) is 6.08 Å². The van der Waals surface area contributed by atoms with Crippen LogP contribution in [0, 0.1) is 0 Å². The Labute approximate surface area is 122 Å². The van der Waals surface area contributed by atoms with Crippen molar-refractivity contribution >= 4 is 7.82 Å². The van der Waals surface area contributed by atoms with Crippen LogP contribution in [0.15, 0.2) is 34.9 Å². The molecule has 0 radical (unpaired) electrons. The molecule has 116 valence electrons. The zero-order valence-corrected chi connectivity index (χ0v) is 13.8. The number of allylic oxidation sites excluding steroid dienone is 5. The van der Waals surface area contributed by atoms with E-state index in [1.807, 2.05) is 6.92 Å². The van der Waals surface area contributed by atoms with Gasteiger partial charge in [-0.25, -0.2) is 4.57 Å². The van der Waals surface area contributed by atoms with Crippen molar-refractivity contribution in [2.75, 3.05) is 6.61 Å². The first kappa shape index (κ1) is 19.3. The van der Waals surface area contributed by atoms with E-state index >= 15 is 0 Å². The highest BCUT2D eigenvalue weighted by Crippen LogP contribution is 2.35. The summed E-state index contributed by atoms with van der Waals surface area (Å²) in [6.07, 6.45) is 10.2. The molecule has 0 unspecified atom stereocenters. The third-order valence-electron chi connectivity index (χ3n) is 2.80. The Kier molecular flexibility index (Phi) is 9.78. The van der Waals surface area contributed by atoms with E-state index < -0.39 is 7.82 Å². The second-order valence-corrected chi connectivity index (χ2v) is 6.49. The van der Waals surface area contributed by atoms with E-state index in [2.05, 4.69) is 37.4 Å². The van der Waals surface area contributed by atoms with Crippen molar-refractivity contribution in [2.24, 2.45) is 0 Å². The lowest BCUT2D eigenvalue weighted by Crippen LogP contribution is -1.89. The van der Waals surface area contributed by atoms with Crippen LogP contribution in [0.1, 0.15) is 53.4 Å². The van der Waals surface area contributed by atoms with Crippen molar-refractivity contribution in [3.63, 3.8) is 0 Å². The molecule has 0 aromatic carbocycles. The van der Waals surface area contributed by atoms with Gasteiger partial charge < -0.3 is 9.79 Å². The lowest BCUT2D eigenvalue weighted by atomic mass is 10.1. The topological polar surface area (TPSA) is 66.8 Å². The Morgan fingerprint density at radius 3 is 1.95 bits per heavy atom. The lowest BCUT2D eigenvalue weighted by molar-refractivity contribution is 0.215. The summed E-state index contributed by atoms with van der Waals surface area (Å²) in [6.45, 7) is 8.24. The van der Waals surface area contributed by atoms with Crippen molar-refractivity contribution < 1.29 is 18.9 Å². The molecule has 2 N–H and O–H groups in total. The van der Waals surface area contributed by atoms with Gasteiger partial charge in [-0.3, -0.25) is 4.52 Å². The number of phosphoric ester groups is 1. The van der Waals surface area contributed by atoms with Crippen LogP contribution < -0.4 is 0 Å². The molecule has 0 aliphatic carbocycles. The van der Waals surface area contributed by atoms with E-state index in [9.17, 15) is 4.57 Å². The summed E-state index contributed by atoms with van der Waals surface area (Å²) >= 11 is 0. The second-order valence-electron chi connectivity index (χ2n) is 5.25. The highest BCUT2D eigenvalue weighted by atomic mass is 31.2. The SMILES string of the molecule is CC(C)=CCC/C(C)=C\CC/C(C)=C\COP(=O)(O)O. The van der Waals surface area contributed by atoms with Gasteiger partial charge in [0.05, 0.1) is 6.61 Å². The third-order valence-corrected chi connectivity index (χ3v) is 3.28. The van der Waals surface area contributed by atoms with Crippen LogP contribution in [0.4, 0.5) is 0 Å². The molecule has 0 saturated heterocycles. The predicted octanol–water partition coefficient (Wildman–Crippen LogP) is 4.51. The van der Waals surface area contributed by atoms with Gasteiger partial charge in [0.15, 0.2) is 0 Å². The maximum absolute atomic E-state index is 10.5. The predicted molar refractivity (Wildman–Crippen MR) is 83.4 cm³/mol. The Morgan fingerprint density at radius 1 is 0.950 bits per heavy atom. The molecule has 0 aromatic rings. The van der Waals surface area contributed by atoms with E-state index in [4.69, 9.17) is 9.79 Å². The highest BCUT2D eigenvalue weighted by molar-refractivity contribution is 7.46. The van der Waals surface area contributed by atoms with Crippen LogP contribution >= 0.6 is 7.82 Å². The molecule has 0 saturated carbocycles. The van der Waals surface area contributed by atoms with Gasteiger partial charge in [-0.1, -0.05) is 34.9 Å². The lowest BCUT2D eigenvalue weighted by Gasteiger charge is -2.03. The first-order valence-corrected chi connectivity index (χ1v) is 8.38. The second kappa shape index (κ2) is 10.1. The van der Waals surface area contributed by atoms with Gasteiger partial charge in [-0.05, 0) is 53.4 Å². The summed E-state index contributed by atoms with van der Waals surface area (Å²) in [7, 11) is -4.35. The molecule has 0 atom stereocenters. The van der Waals surface area contributed by atoms with Crippen molar-refractivity contribution in [2.45, 2.75) is 53.4 Å². The monoisotopic (exact) mass is 302 g/mol. The standard InChI is InChI=1S/C15H27O4P/c1-13(2)7-5-8-14(3)9-6-10-15(4)11-12-19-20(16,17)18/h7,9,11H,5-6,8,10,12H2,1-4H3,(H2,16,17,18)/b14-9-,15-11-. The molecule has 0 bridgehead atoms. The molecule has 20 heavy (non-hydrogen) atoms. The molecule has 0 rings (SSSR count). The van der Waals surface area contributed by atoms with Gasteiger partial charge in [0.25, 0.3) is 0 Å². The number of hydrogen-bond donors (Lipinski definition) is 2. The Morgan fingerprint density at radius 2 is 1.45 bits per heavy atom. The van der Waals surface area contributed by atoms with Gasteiger partial charge in [-0.15, -0.1) is 0 Å². The minimum absolute atomic E-state index is 0.0423. The van der Waals surface area contributed by atoms with Gasteiger partial charge in [0.2, 0.25) is 0 Å². The number of rotatable bonds is 9. The van der Waals surface area contributed by atoms with Crippen molar-refractivity contribution in [1.82, 2.24) is 0 Å². The zero-order chi connectivity index (χ0) is 15.6. The summed E-state index contributed by atoms with van der Waals surface area (Å²) in [5.41, 5.74) is 3.80. The third kappa shape index (κ3) is 13.8. The van der Waals surface area contributed by atoms with Crippen LogP contribution in [0.5, 0.6) is 0 Å². The maximum atomic E-state index is 10.5. The largest absolute Gasteiger partial charge is 0.469 e. The minimum atomic E-state index is -4.35. The van der Waals surface area contributed by atoms with Crippen LogP contribution in [0.3, 0.4) is 0 Å². The molecule has 5 heteroatoms. The summed E-state index contributed by atoms with van der Waals surface area (Å²) in [4.78, 5) is 17.1. The molecule has 4 nitrogen and oxygen atoms in total. The fourth-order valence-corrected chi connectivity index (χ4v) is 1.88.